The lowest BCUT2D eigenvalue weighted by atomic mass is 9.88. The molecular formula is C16H22IN3O3. The lowest BCUT2D eigenvalue weighted by molar-refractivity contribution is -0.145. The van der Waals surface area contributed by atoms with Gasteiger partial charge in [-0.2, -0.15) is 5.10 Å². The molecule has 1 saturated heterocycles. The molecule has 126 valence electrons. The first-order chi connectivity index (χ1) is 11.1. The highest BCUT2D eigenvalue weighted by molar-refractivity contribution is 14.1. The summed E-state index contributed by atoms with van der Waals surface area (Å²) in [5.74, 6) is -0.124. The molecule has 1 aliphatic heterocycles. The molecule has 1 aromatic heterocycles. The number of likely N-dealkylation sites (tertiary alicyclic amines) is 1. The number of carbonyl (C=O) groups is 2. The van der Waals surface area contributed by atoms with Crippen molar-refractivity contribution in [3.8, 4) is 0 Å². The number of piperidine rings is 1. The van der Waals surface area contributed by atoms with Crippen LogP contribution in [0.25, 0.3) is 0 Å². The van der Waals surface area contributed by atoms with Crippen molar-refractivity contribution < 1.29 is 14.3 Å². The first-order valence-corrected chi connectivity index (χ1v) is 9.27. The molecule has 0 aromatic carbocycles. The molecule has 6 nitrogen and oxygen atoms in total. The van der Waals surface area contributed by atoms with Crippen LogP contribution in [0, 0.1) is 9.62 Å². The Morgan fingerprint density at radius 3 is 2.74 bits per heavy atom. The summed E-state index contributed by atoms with van der Waals surface area (Å²) in [6.07, 6.45) is 5.64. The van der Waals surface area contributed by atoms with Crippen LogP contribution in [0.3, 0.4) is 0 Å². The normalized spacial score (nSPS) is 21.0. The predicted molar refractivity (Wildman–Crippen MR) is 92.9 cm³/mol. The Morgan fingerprint density at radius 2 is 2.04 bits per heavy atom. The van der Waals surface area contributed by atoms with Crippen molar-refractivity contribution in [2.75, 3.05) is 20.2 Å². The van der Waals surface area contributed by atoms with Gasteiger partial charge in [0.2, 0.25) is 5.91 Å². The Kier molecular flexibility index (Phi) is 5.23. The lowest BCUT2D eigenvalue weighted by Crippen LogP contribution is -2.38. The molecule has 1 aromatic rings. The van der Waals surface area contributed by atoms with Crippen LogP contribution in [0.5, 0.6) is 0 Å². The van der Waals surface area contributed by atoms with Gasteiger partial charge in [-0.15, -0.1) is 0 Å². The van der Waals surface area contributed by atoms with Crippen LogP contribution in [0.2, 0.25) is 0 Å². The first-order valence-electron chi connectivity index (χ1n) is 8.19. The number of fused-ring (bicyclic) bond motifs is 1. The van der Waals surface area contributed by atoms with Crippen LogP contribution >= 0.6 is 22.6 Å². The number of rotatable bonds is 3. The van der Waals surface area contributed by atoms with Crippen LogP contribution in [0.15, 0.2) is 0 Å². The standard InChI is InChI=1S/C16H22IN3O3/c1-23-16(22)11-5-6-12-13(9-11)18-20(15(12)17)10-14(21)19-7-3-2-4-8-19/h11H,2-10H2,1H3/t11-/m0/s1. The van der Waals surface area contributed by atoms with Gasteiger partial charge >= 0.3 is 5.97 Å². The van der Waals surface area contributed by atoms with Gasteiger partial charge in [-0.1, -0.05) is 0 Å². The molecule has 1 amide bonds. The zero-order chi connectivity index (χ0) is 16.4. The molecule has 1 aliphatic carbocycles. The van der Waals surface area contributed by atoms with E-state index >= 15 is 0 Å². The number of esters is 1. The predicted octanol–water partition coefficient (Wildman–Crippen LogP) is 1.78. The van der Waals surface area contributed by atoms with Crippen molar-refractivity contribution in [2.45, 2.75) is 45.1 Å². The maximum Gasteiger partial charge on any atom is 0.309 e. The minimum atomic E-state index is -0.162. The molecule has 23 heavy (non-hydrogen) atoms. The minimum Gasteiger partial charge on any atom is -0.469 e. The van der Waals surface area contributed by atoms with Crippen molar-refractivity contribution >= 4 is 34.5 Å². The third-order valence-electron chi connectivity index (χ3n) is 4.78. The summed E-state index contributed by atoms with van der Waals surface area (Å²) in [6.45, 7) is 2.02. The van der Waals surface area contributed by atoms with E-state index in [1.807, 2.05) is 9.58 Å². The molecule has 2 aliphatic rings. The molecular weight excluding hydrogens is 409 g/mol. The third-order valence-corrected chi connectivity index (χ3v) is 5.98. The van der Waals surface area contributed by atoms with Gasteiger partial charge in [0.25, 0.3) is 0 Å². The molecule has 0 N–H and O–H groups in total. The molecule has 0 saturated carbocycles. The van der Waals surface area contributed by atoms with Crippen LogP contribution < -0.4 is 0 Å². The summed E-state index contributed by atoms with van der Waals surface area (Å²) in [5, 5.41) is 4.61. The highest BCUT2D eigenvalue weighted by Crippen LogP contribution is 2.29. The molecule has 7 heteroatoms. The fourth-order valence-corrected chi connectivity index (χ4v) is 4.29. The quantitative estimate of drug-likeness (QED) is 0.541. The van der Waals surface area contributed by atoms with E-state index in [0.717, 1.165) is 48.2 Å². The number of aromatic nitrogens is 2. The average Bonchev–Trinajstić information content (AvgIpc) is 2.90. The summed E-state index contributed by atoms with van der Waals surface area (Å²) >= 11 is 2.27. The largest absolute Gasteiger partial charge is 0.469 e. The van der Waals surface area contributed by atoms with Crippen molar-refractivity contribution in [3.05, 3.63) is 15.0 Å². The Bertz CT molecular complexity index is 608. The van der Waals surface area contributed by atoms with Crippen molar-refractivity contribution in [2.24, 2.45) is 5.92 Å². The zero-order valence-corrected chi connectivity index (χ0v) is 15.5. The maximum atomic E-state index is 12.4. The second kappa shape index (κ2) is 7.19. The molecule has 0 radical (unpaired) electrons. The summed E-state index contributed by atoms with van der Waals surface area (Å²) in [6, 6.07) is 0. The van der Waals surface area contributed by atoms with Crippen LogP contribution in [-0.2, 0) is 33.7 Å². The van der Waals surface area contributed by atoms with E-state index < -0.39 is 0 Å². The fourth-order valence-electron chi connectivity index (χ4n) is 3.43. The van der Waals surface area contributed by atoms with E-state index in [1.165, 1.54) is 19.1 Å². The summed E-state index contributed by atoms with van der Waals surface area (Å²) in [4.78, 5) is 26.1. The van der Waals surface area contributed by atoms with Gasteiger partial charge in [0.15, 0.2) is 0 Å². The minimum absolute atomic E-state index is 0.107. The van der Waals surface area contributed by atoms with Crippen LogP contribution in [0.1, 0.15) is 36.9 Å². The number of hydrogen-bond donors (Lipinski definition) is 0. The van der Waals surface area contributed by atoms with E-state index in [1.54, 1.807) is 0 Å². The number of methoxy groups -OCH3 is 1. The summed E-state index contributed by atoms with van der Waals surface area (Å²) < 4.78 is 7.69. The van der Waals surface area contributed by atoms with Gasteiger partial charge < -0.3 is 9.64 Å². The average molecular weight is 431 g/mol. The number of amides is 1. The first kappa shape index (κ1) is 16.7. The highest BCUT2D eigenvalue weighted by atomic mass is 127. The Hall–Kier alpha value is -1.12. The molecule has 1 fully saturated rings. The smallest absolute Gasteiger partial charge is 0.309 e. The third kappa shape index (κ3) is 3.54. The molecule has 2 heterocycles. The zero-order valence-electron chi connectivity index (χ0n) is 13.4. The van der Waals surface area contributed by atoms with Crippen molar-refractivity contribution in [1.29, 1.82) is 0 Å². The van der Waals surface area contributed by atoms with E-state index in [0.29, 0.717) is 13.0 Å². The highest BCUT2D eigenvalue weighted by Gasteiger charge is 2.30. The summed E-state index contributed by atoms with van der Waals surface area (Å²) in [5.41, 5.74) is 2.14. The number of hydrogen-bond acceptors (Lipinski definition) is 4. The van der Waals surface area contributed by atoms with Crippen molar-refractivity contribution in [1.82, 2.24) is 14.7 Å². The van der Waals surface area contributed by atoms with Crippen molar-refractivity contribution in [3.63, 3.8) is 0 Å². The molecule has 0 spiro atoms. The summed E-state index contributed by atoms with van der Waals surface area (Å²) in [7, 11) is 1.43. The van der Waals surface area contributed by atoms with E-state index in [4.69, 9.17) is 4.74 Å². The molecule has 0 bridgehead atoms. The fraction of sp³-hybridized carbons (Fsp3) is 0.688. The molecule has 0 unspecified atom stereocenters. The topological polar surface area (TPSA) is 64.4 Å². The lowest BCUT2D eigenvalue weighted by Gasteiger charge is -2.26. The second-order valence-electron chi connectivity index (χ2n) is 6.28. The van der Waals surface area contributed by atoms with E-state index in [2.05, 4.69) is 27.7 Å². The number of halogens is 1. The van der Waals surface area contributed by atoms with E-state index in [9.17, 15) is 9.59 Å². The monoisotopic (exact) mass is 431 g/mol. The van der Waals surface area contributed by atoms with E-state index in [-0.39, 0.29) is 17.8 Å². The maximum absolute atomic E-state index is 12.4. The van der Waals surface area contributed by atoms with Gasteiger partial charge in [-0.25, -0.2) is 4.68 Å². The number of nitrogens with zero attached hydrogens (tertiary/aromatic N) is 3. The molecule has 3 rings (SSSR count). The molecule has 1 atom stereocenters. The van der Waals surface area contributed by atoms with Gasteiger partial charge in [0, 0.05) is 25.1 Å². The second-order valence-corrected chi connectivity index (χ2v) is 7.30. The van der Waals surface area contributed by atoms with Gasteiger partial charge in [-0.05, 0) is 54.7 Å². The Morgan fingerprint density at radius 1 is 1.30 bits per heavy atom. The number of ether oxygens (including phenoxy) is 1. The van der Waals surface area contributed by atoms with Gasteiger partial charge in [0.05, 0.1) is 18.7 Å². The van der Waals surface area contributed by atoms with Crippen LogP contribution in [0.4, 0.5) is 0 Å². The van der Waals surface area contributed by atoms with Gasteiger partial charge in [-0.3, -0.25) is 9.59 Å². The Balaban J connectivity index is 1.71. The van der Waals surface area contributed by atoms with Crippen LogP contribution in [-0.4, -0.2) is 46.8 Å². The van der Waals surface area contributed by atoms with Gasteiger partial charge in [0.1, 0.15) is 10.2 Å². The Labute approximate surface area is 149 Å². The number of carbonyl (C=O) groups excluding carboxylic acids is 2. The SMILES string of the molecule is COC(=O)[C@H]1CCc2c(nn(CC(=O)N3CCCCC3)c2I)C1.